The molecule has 0 aliphatic carbocycles. The largest absolute Gasteiger partial charge is 0.493 e. The Bertz CT molecular complexity index is 402. The molecule has 6 heteroatoms. The molecule has 1 unspecified atom stereocenters. The van der Waals surface area contributed by atoms with Crippen LogP contribution in [0.5, 0.6) is 11.5 Å². The van der Waals surface area contributed by atoms with E-state index in [1.54, 1.807) is 20.3 Å². The van der Waals surface area contributed by atoms with E-state index in [4.69, 9.17) is 31.9 Å². The topological polar surface area (TPSA) is 76.7 Å². The third kappa shape index (κ3) is 3.98. The number of halogens is 1. The summed E-state index contributed by atoms with van der Waals surface area (Å²) in [4.78, 5) is 0. The van der Waals surface area contributed by atoms with E-state index in [-0.39, 0.29) is 12.6 Å². The molecule has 1 atom stereocenters. The molecule has 1 aromatic carbocycles. The number of hydrogen-bond acceptors (Lipinski definition) is 5. The molecule has 0 aliphatic heterocycles. The van der Waals surface area contributed by atoms with Crippen molar-refractivity contribution in [3.63, 3.8) is 0 Å². The predicted octanol–water partition coefficient (Wildman–Crippen LogP) is 1.33. The van der Waals surface area contributed by atoms with Gasteiger partial charge in [-0.3, -0.25) is 0 Å². The van der Waals surface area contributed by atoms with Gasteiger partial charge in [-0.05, 0) is 24.6 Å². The van der Waals surface area contributed by atoms with Crippen LogP contribution in [0.4, 0.5) is 0 Å². The van der Waals surface area contributed by atoms with Crippen LogP contribution in [0.25, 0.3) is 0 Å². The van der Waals surface area contributed by atoms with Gasteiger partial charge in [0.1, 0.15) is 0 Å². The first-order chi connectivity index (χ1) is 9.19. The van der Waals surface area contributed by atoms with Crippen molar-refractivity contribution in [2.75, 3.05) is 33.9 Å². The van der Waals surface area contributed by atoms with Gasteiger partial charge in [-0.1, -0.05) is 17.7 Å². The van der Waals surface area contributed by atoms with E-state index in [1.165, 1.54) is 0 Å². The maximum atomic E-state index is 8.79. The molecule has 0 saturated heterocycles. The number of nitrogens with two attached hydrogens (primary N) is 1. The van der Waals surface area contributed by atoms with Gasteiger partial charge in [0.05, 0.1) is 19.2 Å². The first kappa shape index (κ1) is 16.0. The van der Waals surface area contributed by atoms with Gasteiger partial charge in [0.15, 0.2) is 11.5 Å². The standard InChI is InChI=1S/C13H21ClN2O3/c1-18-11-5-4-9(12(14)13(11)19-2)10(8-15)16-6-3-7-17/h4-5,10,16-17H,3,6-8,15H2,1-2H3. The van der Waals surface area contributed by atoms with Gasteiger partial charge < -0.3 is 25.6 Å². The molecule has 5 nitrogen and oxygen atoms in total. The van der Waals surface area contributed by atoms with Gasteiger partial charge >= 0.3 is 0 Å². The van der Waals surface area contributed by atoms with Gasteiger partial charge in [0, 0.05) is 19.2 Å². The SMILES string of the molecule is COc1ccc(C(CN)NCCCO)c(Cl)c1OC. The molecule has 1 aromatic rings. The van der Waals surface area contributed by atoms with Gasteiger partial charge in [0.2, 0.25) is 0 Å². The number of aliphatic hydroxyl groups excluding tert-OH is 1. The Morgan fingerprint density at radius 3 is 2.63 bits per heavy atom. The summed E-state index contributed by atoms with van der Waals surface area (Å²) < 4.78 is 10.5. The van der Waals surface area contributed by atoms with Crippen molar-refractivity contribution in [1.82, 2.24) is 5.32 Å². The van der Waals surface area contributed by atoms with Crippen molar-refractivity contribution < 1.29 is 14.6 Å². The van der Waals surface area contributed by atoms with E-state index in [9.17, 15) is 0 Å². The molecule has 0 spiro atoms. The van der Waals surface area contributed by atoms with E-state index < -0.39 is 0 Å². The molecule has 1 rings (SSSR count). The molecule has 0 aliphatic rings. The summed E-state index contributed by atoms with van der Waals surface area (Å²) in [7, 11) is 3.11. The van der Waals surface area contributed by atoms with Crippen molar-refractivity contribution in [2.24, 2.45) is 5.73 Å². The van der Waals surface area contributed by atoms with Crippen molar-refractivity contribution >= 4 is 11.6 Å². The number of rotatable bonds is 8. The minimum absolute atomic E-state index is 0.0844. The lowest BCUT2D eigenvalue weighted by Crippen LogP contribution is -2.29. The minimum atomic E-state index is -0.0844. The van der Waals surface area contributed by atoms with E-state index in [2.05, 4.69) is 5.32 Å². The summed E-state index contributed by atoms with van der Waals surface area (Å²) in [5.41, 5.74) is 6.62. The summed E-state index contributed by atoms with van der Waals surface area (Å²) in [6.45, 7) is 1.22. The first-order valence-electron chi connectivity index (χ1n) is 6.14. The number of methoxy groups -OCH3 is 2. The number of nitrogens with one attached hydrogen (secondary N) is 1. The second-order valence-electron chi connectivity index (χ2n) is 4.02. The van der Waals surface area contributed by atoms with Crippen LogP contribution >= 0.6 is 11.6 Å². The second-order valence-corrected chi connectivity index (χ2v) is 4.40. The van der Waals surface area contributed by atoms with E-state index in [1.807, 2.05) is 6.07 Å². The molecule has 0 amide bonds. The highest BCUT2D eigenvalue weighted by atomic mass is 35.5. The quantitative estimate of drug-likeness (QED) is 0.629. The Hall–Kier alpha value is -1.01. The third-order valence-corrected chi connectivity index (χ3v) is 3.24. The second kappa shape index (κ2) is 8.22. The highest BCUT2D eigenvalue weighted by Gasteiger charge is 2.18. The van der Waals surface area contributed by atoms with Crippen molar-refractivity contribution in [3.05, 3.63) is 22.7 Å². The number of aliphatic hydroxyl groups is 1. The van der Waals surface area contributed by atoms with E-state index in [0.717, 1.165) is 5.56 Å². The smallest absolute Gasteiger partial charge is 0.179 e. The van der Waals surface area contributed by atoms with Crippen LogP contribution in [0.1, 0.15) is 18.0 Å². The van der Waals surface area contributed by atoms with Crippen LogP contribution in [0.15, 0.2) is 12.1 Å². The Labute approximate surface area is 118 Å². The zero-order valence-corrected chi connectivity index (χ0v) is 12.0. The van der Waals surface area contributed by atoms with Crippen molar-refractivity contribution in [2.45, 2.75) is 12.5 Å². The summed E-state index contributed by atoms with van der Waals surface area (Å²) in [5.74, 6) is 1.09. The fourth-order valence-electron chi connectivity index (χ4n) is 1.85. The predicted molar refractivity (Wildman–Crippen MR) is 76.1 cm³/mol. The van der Waals surface area contributed by atoms with Crippen LogP contribution < -0.4 is 20.5 Å². The summed E-state index contributed by atoms with van der Waals surface area (Å²) in [6.07, 6.45) is 0.668. The first-order valence-corrected chi connectivity index (χ1v) is 6.52. The monoisotopic (exact) mass is 288 g/mol. The van der Waals surface area contributed by atoms with E-state index >= 15 is 0 Å². The molecular formula is C13H21ClN2O3. The Balaban J connectivity index is 2.97. The Morgan fingerprint density at radius 1 is 1.37 bits per heavy atom. The van der Waals surface area contributed by atoms with Crippen molar-refractivity contribution in [1.29, 1.82) is 0 Å². The van der Waals surface area contributed by atoms with Gasteiger partial charge in [-0.25, -0.2) is 0 Å². The van der Waals surface area contributed by atoms with Crippen molar-refractivity contribution in [3.8, 4) is 11.5 Å². The average Bonchev–Trinajstić information content (AvgIpc) is 2.44. The molecule has 0 fully saturated rings. The van der Waals surface area contributed by atoms with Crippen LogP contribution in [-0.4, -0.2) is 39.0 Å². The van der Waals surface area contributed by atoms with E-state index in [0.29, 0.717) is 36.0 Å². The molecule has 108 valence electrons. The van der Waals surface area contributed by atoms with Crippen LogP contribution in [0.3, 0.4) is 0 Å². The highest BCUT2D eigenvalue weighted by molar-refractivity contribution is 6.33. The maximum Gasteiger partial charge on any atom is 0.179 e. The fraction of sp³-hybridized carbons (Fsp3) is 0.538. The number of benzene rings is 1. The van der Waals surface area contributed by atoms with Crippen LogP contribution in [-0.2, 0) is 0 Å². The highest BCUT2D eigenvalue weighted by Crippen LogP contribution is 2.39. The number of hydrogen-bond donors (Lipinski definition) is 3. The van der Waals surface area contributed by atoms with Crippen LogP contribution in [0.2, 0.25) is 5.02 Å². The third-order valence-electron chi connectivity index (χ3n) is 2.85. The average molecular weight is 289 g/mol. The van der Waals surface area contributed by atoms with Crippen LogP contribution in [0, 0.1) is 0 Å². The zero-order chi connectivity index (χ0) is 14.3. The van der Waals surface area contributed by atoms with Gasteiger partial charge in [0.25, 0.3) is 0 Å². The molecular weight excluding hydrogens is 268 g/mol. The minimum Gasteiger partial charge on any atom is -0.493 e. The lowest BCUT2D eigenvalue weighted by Gasteiger charge is -2.20. The summed E-state index contributed by atoms with van der Waals surface area (Å²) in [6, 6.07) is 3.59. The summed E-state index contributed by atoms with van der Waals surface area (Å²) in [5, 5.41) is 12.5. The lowest BCUT2D eigenvalue weighted by atomic mass is 10.1. The zero-order valence-electron chi connectivity index (χ0n) is 11.3. The molecule has 0 saturated carbocycles. The Morgan fingerprint density at radius 2 is 2.11 bits per heavy atom. The fourth-order valence-corrected chi connectivity index (χ4v) is 2.21. The summed E-state index contributed by atoms with van der Waals surface area (Å²) >= 11 is 6.33. The molecule has 0 radical (unpaired) electrons. The van der Waals surface area contributed by atoms with Gasteiger partial charge in [-0.15, -0.1) is 0 Å². The maximum absolute atomic E-state index is 8.79. The normalized spacial score (nSPS) is 12.3. The van der Waals surface area contributed by atoms with Gasteiger partial charge in [-0.2, -0.15) is 0 Å². The molecule has 0 aromatic heterocycles. The molecule has 0 bridgehead atoms. The number of ether oxygens (including phenoxy) is 2. The molecule has 0 heterocycles. The Kier molecular flexibility index (Phi) is 6.94. The molecule has 4 N–H and O–H groups in total. The molecule has 19 heavy (non-hydrogen) atoms. The lowest BCUT2D eigenvalue weighted by molar-refractivity contribution is 0.283.